The van der Waals surface area contributed by atoms with E-state index in [2.05, 4.69) is 10.3 Å². The summed E-state index contributed by atoms with van der Waals surface area (Å²) in [7, 11) is -1.46. The SMILES string of the molecule is COc1ccc(-c2cc(C(=O)NC3CCS(=O)(=O)C3)c3ccccc3n2)cc1. The Morgan fingerprint density at radius 3 is 2.57 bits per heavy atom. The summed E-state index contributed by atoms with van der Waals surface area (Å²) < 4.78 is 28.6. The Kier molecular flexibility index (Phi) is 4.77. The van der Waals surface area contributed by atoms with E-state index in [1.807, 2.05) is 48.5 Å². The van der Waals surface area contributed by atoms with E-state index in [1.165, 1.54) is 0 Å². The molecule has 1 aromatic heterocycles. The van der Waals surface area contributed by atoms with Gasteiger partial charge in [0.15, 0.2) is 9.84 Å². The monoisotopic (exact) mass is 396 g/mol. The van der Waals surface area contributed by atoms with Crippen molar-refractivity contribution in [3.8, 4) is 17.0 Å². The van der Waals surface area contributed by atoms with Crippen molar-refractivity contribution in [2.75, 3.05) is 18.6 Å². The van der Waals surface area contributed by atoms with Gasteiger partial charge in [-0.2, -0.15) is 0 Å². The lowest BCUT2D eigenvalue weighted by Gasteiger charge is -2.14. The van der Waals surface area contributed by atoms with Gasteiger partial charge in [-0.1, -0.05) is 18.2 Å². The number of nitrogens with one attached hydrogen (secondary N) is 1. The third-order valence-electron chi connectivity index (χ3n) is 4.91. The fraction of sp³-hybridized carbons (Fsp3) is 0.238. The number of pyridine rings is 1. The molecular formula is C21H20N2O4S. The van der Waals surface area contributed by atoms with E-state index in [9.17, 15) is 13.2 Å². The Hall–Kier alpha value is -2.93. The predicted octanol–water partition coefficient (Wildman–Crippen LogP) is 2.83. The standard InChI is InChI=1S/C21H20N2O4S/c1-27-16-8-6-14(7-9-16)20-12-18(17-4-2-3-5-19(17)23-20)21(24)22-15-10-11-28(25,26)13-15/h2-9,12,15H,10-11,13H2,1H3,(H,22,24). The van der Waals surface area contributed by atoms with E-state index in [-0.39, 0.29) is 23.5 Å². The Labute approximate surface area is 163 Å². The number of methoxy groups -OCH3 is 1. The smallest absolute Gasteiger partial charge is 0.252 e. The Balaban J connectivity index is 1.72. The van der Waals surface area contributed by atoms with Crippen LogP contribution in [0.25, 0.3) is 22.2 Å². The summed E-state index contributed by atoms with van der Waals surface area (Å²) in [5.74, 6) is 0.569. The molecule has 0 bridgehead atoms. The second-order valence-electron chi connectivity index (χ2n) is 6.87. The fourth-order valence-corrected chi connectivity index (χ4v) is 5.12. The van der Waals surface area contributed by atoms with Gasteiger partial charge in [0.25, 0.3) is 5.91 Å². The lowest BCUT2D eigenvalue weighted by molar-refractivity contribution is 0.0943. The van der Waals surface area contributed by atoms with Gasteiger partial charge >= 0.3 is 0 Å². The zero-order valence-electron chi connectivity index (χ0n) is 15.4. The quantitative estimate of drug-likeness (QED) is 0.733. The van der Waals surface area contributed by atoms with E-state index in [1.54, 1.807) is 13.2 Å². The number of carbonyl (C=O) groups excluding carboxylic acids is 1. The van der Waals surface area contributed by atoms with Crippen LogP contribution in [-0.4, -0.2) is 44.0 Å². The summed E-state index contributed by atoms with van der Waals surface area (Å²) >= 11 is 0. The highest BCUT2D eigenvalue weighted by Gasteiger charge is 2.29. The molecule has 1 unspecified atom stereocenters. The Morgan fingerprint density at radius 2 is 1.89 bits per heavy atom. The van der Waals surface area contributed by atoms with Crippen LogP contribution in [-0.2, 0) is 9.84 Å². The predicted molar refractivity (Wildman–Crippen MR) is 108 cm³/mol. The van der Waals surface area contributed by atoms with Crippen LogP contribution >= 0.6 is 0 Å². The minimum Gasteiger partial charge on any atom is -0.497 e. The topological polar surface area (TPSA) is 85.4 Å². The molecule has 28 heavy (non-hydrogen) atoms. The normalized spacial score (nSPS) is 18.1. The highest BCUT2D eigenvalue weighted by atomic mass is 32.2. The average Bonchev–Trinajstić information content (AvgIpc) is 3.05. The number of sulfone groups is 1. The van der Waals surface area contributed by atoms with Gasteiger partial charge in [-0.25, -0.2) is 13.4 Å². The van der Waals surface area contributed by atoms with E-state index in [0.29, 0.717) is 23.2 Å². The second-order valence-corrected chi connectivity index (χ2v) is 9.10. The second kappa shape index (κ2) is 7.24. The van der Waals surface area contributed by atoms with Crippen molar-refractivity contribution in [3.05, 3.63) is 60.2 Å². The summed E-state index contributed by atoms with van der Waals surface area (Å²) in [5, 5.41) is 3.61. The molecule has 1 saturated heterocycles. The highest BCUT2D eigenvalue weighted by molar-refractivity contribution is 7.91. The van der Waals surface area contributed by atoms with Gasteiger partial charge in [0.1, 0.15) is 5.75 Å². The van der Waals surface area contributed by atoms with Crippen LogP contribution in [0.5, 0.6) is 5.75 Å². The van der Waals surface area contributed by atoms with E-state index >= 15 is 0 Å². The van der Waals surface area contributed by atoms with Gasteiger partial charge in [0.05, 0.1) is 35.4 Å². The van der Waals surface area contributed by atoms with Crippen LogP contribution in [0.3, 0.4) is 0 Å². The number of hydrogen-bond donors (Lipinski definition) is 1. The molecule has 6 nitrogen and oxygen atoms in total. The molecule has 7 heteroatoms. The third kappa shape index (κ3) is 3.71. The number of para-hydroxylation sites is 1. The molecule has 2 aromatic carbocycles. The minimum atomic E-state index is -3.06. The first-order valence-corrected chi connectivity index (χ1v) is 10.8. The van der Waals surface area contributed by atoms with Crippen molar-refractivity contribution < 1.29 is 17.9 Å². The largest absolute Gasteiger partial charge is 0.497 e. The van der Waals surface area contributed by atoms with Gasteiger partial charge in [0, 0.05) is 17.0 Å². The van der Waals surface area contributed by atoms with E-state index < -0.39 is 9.84 Å². The molecule has 1 N–H and O–H groups in total. The number of amides is 1. The van der Waals surface area contributed by atoms with Crippen LogP contribution < -0.4 is 10.1 Å². The van der Waals surface area contributed by atoms with Gasteiger partial charge in [-0.15, -0.1) is 0 Å². The molecule has 1 amide bonds. The maximum absolute atomic E-state index is 13.0. The molecule has 0 saturated carbocycles. The van der Waals surface area contributed by atoms with Crippen molar-refractivity contribution >= 4 is 26.6 Å². The molecule has 0 aliphatic carbocycles. The maximum atomic E-state index is 13.0. The Morgan fingerprint density at radius 1 is 1.14 bits per heavy atom. The zero-order valence-corrected chi connectivity index (χ0v) is 16.2. The first-order valence-electron chi connectivity index (χ1n) is 9.01. The third-order valence-corrected chi connectivity index (χ3v) is 6.68. The number of ether oxygens (including phenoxy) is 1. The highest BCUT2D eigenvalue weighted by Crippen LogP contribution is 2.26. The number of nitrogens with zero attached hydrogens (tertiary/aromatic N) is 1. The molecule has 1 atom stereocenters. The Bertz CT molecular complexity index is 1140. The number of carbonyl (C=O) groups is 1. The molecule has 1 fully saturated rings. The fourth-order valence-electron chi connectivity index (χ4n) is 3.44. The summed E-state index contributed by atoms with van der Waals surface area (Å²) in [6.45, 7) is 0. The maximum Gasteiger partial charge on any atom is 0.252 e. The molecular weight excluding hydrogens is 376 g/mol. The van der Waals surface area contributed by atoms with Crippen LogP contribution in [0.15, 0.2) is 54.6 Å². The van der Waals surface area contributed by atoms with Crippen molar-refractivity contribution in [3.63, 3.8) is 0 Å². The average molecular weight is 396 g/mol. The summed E-state index contributed by atoms with van der Waals surface area (Å²) in [5.41, 5.74) is 2.73. The number of fused-ring (bicyclic) bond motifs is 1. The molecule has 4 rings (SSSR count). The lowest BCUT2D eigenvalue weighted by atomic mass is 10.0. The first-order chi connectivity index (χ1) is 13.4. The molecule has 3 aromatic rings. The van der Waals surface area contributed by atoms with Crippen molar-refractivity contribution in [2.45, 2.75) is 12.5 Å². The molecule has 144 valence electrons. The van der Waals surface area contributed by atoms with E-state index in [4.69, 9.17) is 4.74 Å². The van der Waals surface area contributed by atoms with Crippen molar-refractivity contribution in [1.29, 1.82) is 0 Å². The first kappa shape index (κ1) is 18.4. The summed E-state index contributed by atoms with van der Waals surface area (Å²) in [6.07, 6.45) is 0.447. The van der Waals surface area contributed by atoms with Crippen LogP contribution in [0.4, 0.5) is 0 Å². The van der Waals surface area contributed by atoms with Gasteiger partial charge in [-0.3, -0.25) is 4.79 Å². The molecule has 0 spiro atoms. The number of hydrogen-bond acceptors (Lipinski definition) is 5. The molecule has 1 aliphatic heterocycles. The minimum absolute atomic E-state index is 0.00685. The van der Waals surface area contributed by atoms with Crippen LogP contribution in [0, 0.1) is 0 Å². The molecule has 0 radical (unpaired) electrons. The van der Waals surface area contributed by atoms with Gasteiger partial charge in [-0.05, 0) is 42.8 Å². The number of benzene rings is 2. The molecule has 1 aliphatic rings. The van der Waals surface area contributed by atoms with Gasteiger partial charge < -0.3 is 10.1 Å². The zero-order chi connectivity index (χ0) is 19.7. The van der Waals surface area contributed by atoms with Crippen LogP contribution in [0.2, 0.25) is 0 Å². The number of rotatable bonds is 4. The van der Waals surface area contributed by atoms with Crippen molar-refractivity contribution in [2.24, 2.45) is 0 Å². The van der Waals surface area contributed by atoms with Crippen molar-refractivity contribution in [1.82, 2.24) is 10.3 Å². The lowest BCUT2D eigenvalue weighted by Crippen LogP contribution is -2.35. The van der Waals surface area contributed by atoms with Crippen LogP contribution in [0.1, 0.15) is 16.8 Å². The van der Waals surface area contributed by atoms with Gasteiger partial charge in [0.2, 0.25) is 0 Å². The summed E-state index contributed by atoms with van der Waals surface area (Å²) in [4.78, 5) is 17.6. The molecule has 2 heterocycles. The van der Waals surface area contributed by atoms with E-state index in [0.717, 1.165) is 16.7 Å². The summed E-state index contributed by atoms with van der Waals surface area (Å²) in [6, 6.07) is 16.3. The number of aromatic nitrogens is 1.